The van der Waals surface area contributed by atoms with Gasteiger partial charge in [-0.25, -0.2) is 0 Å². The van der Waals surface area contributed by atoms with Crippen LogP contribution >= 0.6 is 0 Å². The van der Waals surface area contributed by atoms with Crippen LogP contribution in [0.25, 0.3) is 0 Å². The fourth-order valence-electron chi connectivity index (χ4n) is 3.27. The third-order valence-corrected chi connectivity index (χ3v) is 4.26. The minimum atomic E-state index is -0.0142. The van der Waals surface area contributed by atoms with Gasteiger partial charge in [-0.3, -0.25) is 4.79 Å². The average Bonchev–Trinajstić information content (AvgIpc) is 2.49. The highest BCUT2D eigenvalue weighted by atomic mass is 16.5. The number of hydrogen-bond acceptors (Lipinski definition) is 3. The highest BCUT2D eigenvalue weighted by Crippen LogP contribution is 2.26. The van der Waals surface area contributed by atoms with Crippen LogP contribution in [0.4, 0.5) is 0 Å². The van der Waals surface area contributed by atoms with Crippen LogP contribution in [0.5, 0.6) is 5.75 Å². The van der Waals surface area contributed by atoms with Crippen LogP contribution in [0.2, 0.25) is 0 Å². The van der Waals surface area contributed by atoms with Crippen LogP contribution in [0.1, 0.15) is 43.0 Å². The Labute approximate surface area is 133 Å². The minimum Gasteiger partial charge on any atom is -0.493 e. The summed E-state index contributed by atoms with van der Waals surface area (Å²) in [5.74, 6) is 1.19. The molecule has 0 bridgehead atoms. The number of para-hydroxylation sites is 1. The van der Waals surface area contributed by atoms with Crippen molar-refractivity contribution in [3.05, 3.63) is 29.8 Å². The quantitative estimate of drug-likeness (QED) is 0.878. The second-order valence-corrected chi connectivity index (χ2v) is 6.32. The van der Waals surface area contributed by atoms with Gasteiger partial charge >= 0.3 is 0 Å². The first-order chi connectivity index (χ1) is 10.6. The number of nitrogens with zero attached hydrogens (tertiary/aromatic N) is 1. The Morgan fingerprint density at radius 3 is 2.73 bits per heavy atom. The molecule has 1 aromatic rings. The molecule has 0 radical (unpaired) electrons. The van der Waals surface area contributed by atoms with Gasteiger partial charge in [0.2, 0.25) is 0 Å². The summed E-state index contributed by atoms with van der Waals surface area (Å²) in [6.45, 7) is 3.53. The van der Waals surface area contributed by atoms with Gasteiger partial charge in [-0.2, -0.15) is 0 Å². The summed E-state index contributed by atoms with van der Waals surface area (Å²) in [6, 6.07) is 7.74. The van der Waals surface area contributed by atoms with Gasteiger partial charge in [0.1, 0.15) is 5.75 Å². The Bertz CT molecular complexity index is 488. The summed E-state index contributed by atoms with van der Waals surface area (Å²) < 4.78 is 5.57. The highest BCUT2D eigenvalue weighted by molar-refractivity contribution is 5.97. The number of benzene rings is 1. The zero-order chi connectivity index (χ0) is 15.9. The van der Waals surface area contributed by atoms with Crippen molar-refractivity contribution in [1.29, 1.82) is 0 Å². The van der Waals surface area contributed by atoms with E-state index in [0.29, 0.717) is 23.8 Å². The molecule has 2 rings (SSSR count). The average molecular weight is 304 g/mol. The van der Waals surface area contributed by atoms with E-state index in [1.165, 1.54) is 19.3 Å². The van der Waals surface area contributed by atoms with E-state index in [1.807, 2.05) is 31.2 Å². The zero-order valence-electron chi connectivity index (χ0n) is 14.0. The van der Waals surface area contributed by atoms with Crippen molar-refractivity contribution in [1.82, 2.24) is 10.2 Å². The molecule has 1 fully saturated rings. The Kier molecular flexibility index (Phi) is 6.25. The van der Waals surface area contributed by atoms with Gasteiger partial charge in [0.25, 0.3) is 5.91 Å². The largest absolute Gasteiger partial charge is 0.493 e. The number of carbonyl (C=O) groups excluding carboxylic acids is 1. The van der Waals surface area contributed by atoms with E-state index >= 15 is 0 Å². The molecule has 1 N–H and O–H groups in total. The van der Waals surface area contributed by atoms with Gasteiger partial charge in [-0.1, -0.05) is 25.0 Å². The molecule has 0 aromatic heterocycles. The summed E-state index contributed by atoms with van der Waals surface area (Å²) in [4.78, 5) is 14.8. The lowest BCUT2D eigenvalue weighted by molar-refractivity contribution is 0.0891. The molecule has 2 unspecified atom stereocenters. The van der Waals surface area contributed by atoms with Crippen LogP contribution in [0.3, 0.4) is 0 Å². The monoisotopic (exact) mass is 304 g/mol. The van der Waals surface area contributed by atoms with Crippen molar-refractivity contribution in [2.24, 2.45) is 5.92 Å². The molecule has 0 heterocycles. The van der Waals surface area contributed by atoms with Gasteiger partial charge in [-0.15, -0.1) is 0 Å². The summed E-state index contributed by atoms with van der Waals surface area (Å²) in [7, 11) is 4.19. The van der Waals surface area contributed by atoms with Gasteiger partial charge in [0, 0.05) is 12.6 Å². The van der Waals surface area contributed by atoms with Crippen LogP contribution in [0, 0.1) is 5.92 Å². The maximum absolute atomic E-state index is 12.6. The van der Waals surface area contributed by atoms with E-state index in [1.54, 1.807) is 0 Å². The maximum Gasteiger partial charge on any atom is 0.255 e. The number of amides is 1. The Morgan fingerprint density at radius 1 is 1.27 bits per heavy atom. The van der Waals surface area contributed by atoms with Crippen LogP contribution in [0.15, 0.2) is 24.3 Å². The first-order valence-corrected chi connectivity index (χ1v) is 8.29. The van der Waals surface area contributed by atoms with Crippen LogP contribution in [-0.4, -0.2) is 44.1 Å². The standard InChI is InChI=1S/C18H28N2O2/c1-4-22-17-12-8-6-10-15(17)18(21)19-16-11-7-5-9-14(16)13-20(2)3/h6,8,10,12,14,16H,4-5,7,9,11,13H2,1-3H3,(H,19,21). The molecule has 4 heteroatoms. The molecule has 1 aromatic carbocycles. The fourth-order valence-corrected chi connectivity index (χ4v) is 3.27. The third kappa shape index (κ3) is 4.47. The fraction of sp³-hybridized carbons (Fsp3) is 0.611. The number of nitrogens with one attached hydrogen (secondary N) is 1. The topological polar surface area (TPSA) is 41.6 Å². The number of hydrogen-bond donors (Lipinski definition) is 1. The van der Waals surface area contributed by atoms with Gasteiger partial charge in [-0.05, 0) is 51.9 Å². The van der Waals surface area contributed by atoms with E-state index in [4.69, 9.17) is 4.74 Å². The van der Waals surface area contributed by atoms with Crippen LogP contribution < -0.4 is 10.1 Å². The SMILES string of the molecule is CCOc1ccccc1C(=O)NC1CCCCC1CN(C)C. The predicted octanol–water partition coefficient (Wildman–Crippen LogP) is 2.94. The minimum absolute atomic E-state index is 0.0142. The zero-order valence-corrected chi connectivity index (χ0v) is 14.0. The van der Waals surface area contributed by atoms with Crippen molar-refractivity contribution in [3.8, 4) is 5.75 Å². The molecule has 2 atom stereocenters. The molecule has 1 aliphatic rings. The molecule has 122 valence electrons. The summed E-state index contributed by atoms with van der Waals surface area (Å²) in [6.07, 6.45) is 4.72. The predicted molar refractivity (Wildman–Crippen MR) is 89.4 cm³/mol. The first kappa shape index (κ1) is 16.8. The lowest BCUT2D eigenvalue weighted by atomic mass is 9.84. The lowest BCUT2D eigenvalue weighted by Gasteiger charge is -2.34. The van der Waals surface area contributed by atoms with Gasteiger partial charge in [0.05, 0.1) is 12.2 Å². The molecule has 0 saturated heterocycles. The number of carbonyl (C=O) groups is 1. The second kappa shape index (κ2) is 8.18. The van der Waals surface area contributed by atoms with Crippen molar-refractivity contribution in [2.45, 2.75) is 38.6 Å². The molecule has 4 nitrogen and oxygen atoms in total. The third-order valence-electron chi connectivity index (χ3n) is 4.26. The number of ether oxygens (including phenoxy) is 1. The van der Waals surface area contributed by atoms with E-state index in [-0.39, 0.29) is 11.9 Å². The Hall–Kier alpha value is -1.55. The van der Waals surface area contributed by atoms with Gasteiger partial charge in [0.15, 0.2) is 0 Å². The van der Waals surface area contributed by atoms with Crippen molar-refractivity contribution >= 4 is 5.91 Å². The van der Waals surface area contributed by atoms with E-state index < -0.39 is 0 Å². The van der Waals surface area contributed by atoms with Crippen molar-refractivity contribution in [2.75, 3.05) is 27.2 Å². The number of rotatable bonds is 6. The molecule has 22 heavy (non-hydrogen) atoms. The van der Waals surface area contributed by atoms with E-state index in [2.05, 4.69) is 24.3 Å². The normalized spacial score (nSPS) is 21.6. The smallest absolute Gasteiger partial charge is 0.255 e. The lowest BCUT2D eigenvalue weighted by Crippen LogP contribution is -2.45. The van der Waals surface area contributed by atoms with Crippen molar-refractivity contribution in [3.63, 3.8) is 0 Å². The summed E-state index contributed by atoms with van der Waals surface area (Å²) in [5.41, 5.74) is 0.638. The van der Waals surface area contributed by atoms with Crippen molar-refractivity contribution < 1.29 is 9.53 Å². The molecule has 1 amide bonds. The maximum atomic E-state index is 12.6. The van der Waals surface area contributed by atoms with Gasteiger partial charge < -0.3 is 15.0 Å². The molecular formula is C18H28N2O2. The molecule has 1 aliphatic carbocycles. The highest BCUT2D eigenvalue weighted by Gasteiger charge is 2.27. The molecule has 0 aliphatic heterocycles. The Morgan fingerprint density at radius 2 is 2.00 bits per heavy atom. The Balaban J connectivity index is 2.06. The summed E-state index contributed by atoms with van der Waals surface area (Å²) >= 11 is 0. The second-order valence-electron chi connectivity index (χ2n) is 6.32. The van der Waals surface area contributed by atoms with E-state index in [0.717, 1.165) is 13.0 Å². The molecule has 1 saturated carbocycles. The van der Waals surface area contributed by atoms with E-state index in [9.17, 15) is 4.79 Å². The van der Waals surface area contributed by atoms with Crippen LogP contribution in [-0.2, 0) is 0 Å². The first-order valence-electron chi connectivity index (χ1n) is 8.29. The molecule has 0 spiro atoms. The molecular weight excluding hydrogens is 276 g/mol. The summed E-state index contributed by atoms with van der Waals surface area (Å²) in [5, 5.41) is 3.24.